The Morgan fingerprint density at radius 2 is 2.26 bits per heavy atom. The van der Waals surface area contributed by atoms with E-state index in [2.05, 4.69) is 5.32 Å². The molecular formula is C12H15FN2O3S. The van der Waals surface area contributed by atoms with Crippen LogP contribution in [0.5, 0.6) is 0 Å². The second-order valence-corrected chi connectivity index (χ2v) is 5.06. The molecule has 19 heavy (non-hydrogen) atoms. The fourth-order valence-corrected chi connectivity index (χ4v) is 2.06. The molecule has 1 aromatic rings. The molecule has 104 valence electrons. The van der Waals surface area contributed by atoms with Crippen LogP contribution in [0.4, 0.5) is 10.1 Å². The fourth-order valence-electron chi connectivity index (χ4n) is 1.47. The highest BCUT2D eigenvalue weighted by Crippen LogP contribution is 2.17. The summed E-state index contributed by atoms with van der Waals surface area (Å²) in [5.74, 6) is -0.520. The van der Waals surface area contributed by atoms with Gasteiger partial charge >= 0.3 is 0 Å². The van der Waals surface area contributed by atoms with Gasteiger partial charge in [0, 0.05) is 18.2 Å². The van der Waals surface area contributed by atoms with Crippen molar-refractivity contribution in [2.45, 2.75) is 19.4 Å². The quantitative estimate of drug-likeness (QED) is 0.644. The van der Waals surface area contributed by atoms with E-state index in [0.717, 1.165) is 30.4 Å². The number of nitro benzene ring substituents is 1. The molecule has 0 aliphatic rings. The van der Waals surface area contributed by atoms with Crippen molar-refractivity contribution in [2.24, 2.45) is 0 Å². The topological polar surface area (TPSA) is 72.2 Å². The number of carbonyl (C=O) groups is 1. The number of benzene rings is 1. The van der Waals surface area contributed by atoms with Crippen molar-refractivity contribution in [1.82, 2.24) is 5.32 Å². The predicted octanol–water partition coefficient (Wildman–Crippen LogP) is 2.61. The van der Waals surface area contributed by atoms with Crippen LogP contribution in [0.2, 0.25) is 0 Å². The molecule has 0 spiro atoms. The van der Waals surface area contributed by atoms with Crippen molar-refractivity contribution in [2.75, 3.05) is 12.0 Å². The molecule has 0 radical (unpaired) electrons. The summed E-state index contributed by atoms with van der Waals surface area (Å²) in [7, 11) is 0. The zero-order chi connectivity index (χ0) is 14.4. The van der Waals surface area contributed by atoms with Crippen LogP contribution in [0.3, 0.4) is 0 Å². The van der Waals surface area contributed by atoms with Gasteiger partial charge in [0.1, 0.15) is 5.82 Å². The van der Waals surface area contributed by atoms with E-state index >= 15 is 0 Å². The lowest BCUT2D eigenvalue weighted by Crippen LogP contribution is -2.33. The Labute approximate surface area is 114 Å². The Morgan fingerprint density at radius 3 is 2.84 bits per heavy atom. The van der Waals surface area contributed by atoms with Gasteiger partial charge in [0.25, 0.3) is 11.6 Å². The molecule has 0 heterocycles. The number of nitrogens with zero attached hydrogens (tertiary/aromatic N) is 1. The van der Waals surface area contributed by atoms with Gasteiger partial charge in [-0.15, -0.1) is 0 Å². The number of carbonyl (C=O) groups excluding carboxylic acids is 1. The summed E-state index contributed by atoms with van der Waals surface area (Å²) < 4.78 is 13.5. The fraction of sp³-hybridized carbons (Fsp3) is 0.417. The summed E-state index contributed by atoms with van der Waals surface area (Å²) in [6, 6.07) is 2.80. The highest BCUT2D eigenvalue weighted by Gasteiger charge is 2.18. The molecule has 0 aliphatic heterocycles. The van der Waals surface area contributed by atoms with Gasteiger partial charge in [-0.05, 0) is 31.4 Å². The third kappa shape index (κ3) is 4.51. The van der Waals surface area contributed by atoms with E-state index in [4.69, 9.17) is 0 Å². The van der Waals surface area contributed by atoms with Gasteiger partial charge in [0.2, 0.25) is 0 Å². The monoisotopic (exact) mass is 286 g/mol. The molecular weight excluding hydrogens is 271 g/mol. The van der Waals surface area contributed by atoms with Crippen LogP contribution in [0, 0.1) is 15.9 Å². The average molecular weight is 286 g/mol. The van der Waals surface area contributed by atoms with Crippen LogP contribution in [-0.4, -0.2) is 28.9 Å². The summed E-state index contributed by atoms with van der Waals surface area (Å²) >= 11 is 1.65. The zero-order valence-electron chi connectivity index (χ0n) is 10.7. The van der Waals surface area contributed by atoms with Gasteiger partial charge in [-0.25, -0.2) is 4.39 Å². The van der Waals surface area contributed by atoms with E-state index in [1.54, 1.807) is 11.8 Å². The third-order valence-electron chi connectivity index (χ3n) is 2.54. The Kier molecular flexibility index (Phi) is 5.75. The van der Waals surface area contributed by atoms with Gasteiger partial charge in [0.15, 0.2) is 0 Å². The normalized spacial score (nSPS) is 11.9. The lowest BCUT2D eigenvalue weighted by molar-refractivity contribution is -0.384. The Balaban J connectivity index is 2.81. The summed E-state index contributed by atoms with van der Waals surface area (Å²) in [5, 5.41) is 13.2. The second kappa shape index (κ2) is 7.08. The van der Waals surface area contributed by atoms with E-state index in [-0.39, 0.29) is 17.3 Å². The zero-order valence-corrected chi connectivity index (χ0v) is 11.5. The number of nitro groups is 1. The summed E-state index contributed by atoms with van der Waals surface area (Å²) in [6.07, 6.45) is 2.71. The van der Waals surface area contributed by atoms with Gasteiger partial charge in [-0.3, -0.25) is 14.9 Å². The maximum Gasteiger partial charge on any atom is 0.270 e. The first-order chi connectivity index (χ1) is 8.95. The van der Waals surface area contributed by atoms with Crippen molar-refractivity contribution < 1.29 is 14.1 Å². The molecule has 0 saturated carbocycles. The number of hydrogen-bond acceptors (Lipinski definition) is 4. The largest absolute Gasteiger partial charge is 0.349 e. The number of hydrogen-bond donors (Lipinski definition) is 1. The number of nitrogens with one attached hydrogen (secondary N) is 1. The number of non-ortho nitro benzene ring substituents is 1. The van der Waals surface area contributed by atoms with E-state index in [1.807, 2.05) is 13.2 Å². The van der Waals surface area contributed by atoms with Crippen molar-refractivity contribution in [3.8, 4) is 0 Å². The van der Waals surface area contributed by atoms with Crippen LogP contribution >= 0.6 is 11.8 Å². The molecule has 5 nitrogen and oxygen atoms in total. The first-order valence-corrected chi connectivity index (χ1v) is 7.08. The van der Waals surface area contributed by atoms with E-state index in [1.165, 1.54) is 0 Å². The van der Waals surface area contributed by atoms with E-state index in [9.17, 15) is 19.3 Å². The Hall–Kier alpha value is -1.63. The molecule has 7 heteroatoms. The summed E-state index contributed by atoms with van der Waals surface area (Å²) in [4.78, 5) is 21.8. The summed E-state index contributed by atoms with van der Waals surface area (Å²) in [5.41, 5.74) is -0.603. The minimum Gasteiger partial charge on any atom is -0.349 e. The Morgan fingerprint density at radius 1 is 1.58 bits per heavy atom. The number of thioether (sulfide) groups is 1. The highest BCUT2D eigenvalue weighted by molar-refractivity contribution is 7.98. The molecule has 1 aromatic carbocycles. The van der Waals surface area contributed by atoms with Gasteiger partial charge in [-0.2, -0.15) is 11.8 Å². The Bertz CT molecular complexity index is 482. The molecule has 1 atom stereocenters. The minimum atomic E-state index is -0.764. The highest BCUT2D eigenvalue weighted by atomic mass is 32.2. The van der Waals surface area contributed by atoms with Gasteiger partial charge < -0.3 is 5.32 Å². The molecule has 0 aromatic heterocycles. The number of halogens is 1. The number of amides is 1. The maximum atomic E-state index is 13.5. The second-order valence-electron chi connectivity index (χ2n) is 4.08. The lowest BCUT2D eigenvalue weighted by atomic mass is 10.1. The van der Waals surface area contributed by atoms with Gasteiger partial charge in [0.05, 0.1) is 10.5 Å². The van der Waals surface area contributed by atoms with E-state index < -0.39 is 16.6 Å². The van der Waals surface area contributed by atoms with Crippen molar-refractivity contribution in [3.05, 3.63) is 39.7 Å². The third-order valence-corrected chi connectivity index (χ3v) is 3.18. The average Bonchev–Trinajstić information content (AvgIpc) is 2.36. The summed E-state index contributed by atoms with van der Waals surface area (Å²) in [6.45, 7) is 1.81. The standard InChI is InChI=1S/C12H15FN2O3S/c1-8(5-6-19-2)14-12(16)10-7-9(15(17)18)3-4-11(10)13/h3-4,7-8H,5-6H2,1-2H3,(H,14,16). The van der Waals surface area contributed by atoms with Crippen molar-refractivity contribution in [1.29, 1.82) is 0 Å². The molecule has 0 bridgehead atoms. The van der Waals surface area contributed by atoms with Crippen LogP contribution in [0.15, 0.2) is 18.2 Å². The van der Waals surface area contributed by atoms with E-state index in [0.29, 0.717) is 0 Å². The number of rotatable bonds is 6. The predicted molar refractivity (Wildman–Crippen MR) is 73.0 cm³/mol. The maximum absolute atomic E-state index is 13.5. The molecule has 0 saturated heterocycles. The SMILES string of the molecule is CSCCC(C)NC(=O)c1cc([N+](=O)[O-])ccc1F. The van der Waals surface area contributed by atoms with Crippen LogP contribution in [0.1, 0.15) is 23.7 Å². The van der Waals surface area contributed by atoms with Crippen molar-refractivity contribution >= 4 is 23.4 Å². The smallest absolute Gasteiger partial charge is 0.270 e. The first-order valence-electron chi connectivity index (χ1n) is 5.69. The molecule has 1 amide bonds. The molecule has 1 unspecified atom stereocenters. The molecule has 0 fully saturated rings. The first kappa shape index (κ1) is 15.4. The van der Waals surface area contributed by atoms with Crippen LogP contribution in [0.25, 0.3) is 0 Å². The molecule has 1 N–H and O–H groups in total. The van der Waals surface area contributed by atoms with Crippen LogP contribution in [-0.2, 0) is 0 Å². The minimum absolute atomic E-state index is 0.112. The molecule has 1 rings (SSSR count). The molecule has 0 aliphatic carbocycles. The lowest BCUT2D eigenvalue weighted by Gasteiger charge is -2.13. The van der Waals surface area contributed by atoms with Crippen LogP contribution < -0.4 is 5.32 Å². The van der Waals surface area contributed by atoms with Crippen molar-refractivity contribution in [3.63, 3.8) is 0 Å². The van der Waals surface area contributed by atoms with Gasteiger partial charge in [-0.1, -0.05) is 0 Å².